The minimum atomic E-state index is -0.287. The molecule has 6 heteroatoms. The van der Waals surface area contributed by atoms with E-state index >= 15 is 0 Å². The molecule has 2 N–H and O–H groups in total. The lowest BCUT2D eigenvalue weighted by atomic mass is 10.1. The van der Waals surface area contributed by atoms with Crippen LogP contribution in [0.3, 0.4) is 0 Å². The fourth-order valence-corrected chi connectivity index (χ4v) is 2.50. The molecule has 2 aromatic rings. The van der Waals surface area contributed by atoms with Crippen molar-refractivity contribution in [3.63, 3.8) is 0 Å². The predicted molar refractivity (Wildman–Crippen MR) is 79.4 cm³/mol. The molecular weight excluding hydrogens is 268 g/mol. The number of para-hydroxylation sites is 1. The molecule has 0 saturated heterocycles. The Kier molecular flexibility index (Phi) is 3.87. The van der Waals surface area contributed by atoms with Crippen molar-refractivity contribution in [1.29, 1.82) is 0 Å². The molecule has 0 atom stereocenters. The summed E-state index contributed by atoms with van der Waals surface area (Å²) in [5.41, 5.74) is 3.19. The number of carbonyl (C=O) groups is 1. The van der Waals surface area contributed by atoms with Gasteiger partial charge in [0.2, 0.25) is 0 Å². The minimum Gasteiger partial charge on any atom is -0.468 e. The van der Waals surface area contributed by atoms with Gasteiger partial charge in [0.05, 0.1) is 7.11 Å². The maximum Gasteiger partial charge on any atom is 0.327 e. The molecule has 0 unspecified atom stereocenters. The van der Waals surface area contributed by atoms with Crippen LogP contribution >= 0.6 is 0 Å². The normalized spacial score (nSPS) is 13.6. The number of rotatable bonds is 4. The molecule has 0 amide bonds. The topological polar surface area (TPSA) is 68.2 Å². The van der Waals surface area contributed by atoms with Crippen LogP contribution in [0.4, 0.5) is 11.5 Å². The zero-order chi connectivity index (χ0) is 14.7. The van der Waals surface area contributed by atoms with Gasteiger partial charge in [-0.25, -0.2) is 0 Å². The van der Waals surface area contributed by atoms with Crippen molar-refractivity contribution >= 4 is 17.5 Å². The fraction of sp³-hybridized carbons (Fsp3) is 0.333. The quantitative estimate of drug-likeness (QED) is 0.833. The van der Waals surface area contributed by atoms with E-state index in [0.29, 0.717) is 0 Å². The van der Waals surface area contributed by atoms with Crippen LogP contribution in [0.5, 0.6) is 0 Å². The number of methoxy groups -OCH3 is 1. The van der Waals surface area contributed by atoms with E-state index in [1.54, 1.807) is 4.68 Å². The van der Waals surface area contributed by atoms with Crippen LogP contribution in [0.25, 0.3) is 0 Å². The second kappa shape index (κ2) is 5.97. The first kappa shape index (κ1) is 13.6. The summed E-state index contributed by atoms with van der Waals surface area (Å²) in [5, 5.41) is 11.2. The number of nitrogens with zero attached hydrogens (tertiary/aromatic N) is 2. The molecular formula is C15H18N4O2. The summed E-state index contributed by atoms with van der Waals surface area (Å²) in [4.78, 5) is 11.5. The second-order valence-corrected chi connectivity index (χ2v) is 4.93. The van der Waals surface area contributed by atoms with Gasteiger partial charge in [-0.15, -0.1) is 0 Å². The number of nitrogens with one attached hydrogen (secondary N) is 2. The second-order valence-electron chi connectivity index (χ2n) is 4.93. The van der Waals surface area contributed by atoms with E-state index in [9.17, 15) is 4.79 Å². The molecule has 0 spiro atoms. The largest absolute Gasteiger partial charge is 0.468 e. The Morgan fingerprint density at radius 2 is 2.24 bits per heavy atom. The molecule has 6 nitrogen and oxygen atoms in total. The van der Waals surface area contributed by atoms with E-state index in [1.807, 2.05) is 30.3 Å². The Bertz CT molecular complexity index is 637. The van der Waals surface area contributed by atoms with Crippen molar-refractivity contribution in [3.8, 4) is 0 Å². The molecule has 3 rings (SSSR count). The van der Waals surface area contributed by atoms with Gasteiger partial charge in [0.1, 0.15) is 6.54 Å². The Balaban J connectivity index is 1.91. The molecule has 1 aromatic heterocycles. The van der Waals surface area contributed by atoms with E-state index in [2.05, 4.69) is 15.7 Å². The van der Waals surface area contributed by atoms with Crippen LogP contribution in [0, 0.1) is 0 Å². The van der Waals surface area contributed by atoms with E-state index in [1.165, 1.54) is 7.11 Å². The van der Waals surface area contributed by atoms with E-state index in [4.69, 9.17) is 4.74 Å². The molecule has 0 saturated carbocycles. The van der Waals surface area contributed by atoms with Gasteiger partial charge in [-0.2, -0.15) is 5.10 Å². The summed E-state index contributed by atoms with van der Waals surface area (Å²) in [6, 6.07) is 9.89. The smallest absolute Gasteiger partial charge is 0.327 e. The maximum absolute atomic E-state index is 11.5. The van der Waals surface area contributed by atoms with Crippen molar-refractivity contribution < 1.29 is 9.53 Å². The number of ether oxygens (including phenoxy) is 1. The predicted octanol–water partition coefficient (Wildman–Crippen LogP) is 1.45. The van der Waals surface area contributed by atoms with Crippen molar-refractivity contribution in [2.24, 2.45) is 0 Å². The third-order valence-corrected chi connectivity index (χ3v) is 3.55. The maximum atomic E-state index is 11.5. The number of hydrogen-bond donors (Lipinski definition) is 2. The van der Waals surface area contributed by atoms with Gasteiger partial charge in [0.15, 0.2) is 5.82 Å². The SMILES string of the molecule is COC(=O)Cn1nc(Nc2ccccc2)c2c1CCNC2. The highest BCUT2D eigenvalue weighted by Crippen LogP contribution is 2.25. The first-order valence-electron chi connectivity index (χ1n) is 6.96. The zero-order valence-electron chi connectivity index (χ0n) is 11.9. The lowest BCUT2D eigenvalue weighted by Gasteiger charge is -2.15. The number of hydrogen-bond acceptors (Lipinski definition) is 5. The van der Waals surface area contributed by atoms with Crippen LogP contribution in [0.1, 0.15) is 11.3 Å². The summed E-state index contributed by atoms with van der Waals surface area (Å²) in [7, 11) is 1.39. The first-order chi connectivity index (χ1) is 10.3. The van der Waals surface area contributed by atoms with Gasteiger partial charge >= 0.3 is 5.97 Å². The Labute approximate surface area is 123 Å². The number of aromatic nitrogens is 2. The minimum absolute atomic E-state index is 0.148. The van der Waals surface area contributed by atoms with E-state index in [0.717, 1.165) is 42.3 Å². The molecule has 1 aromatic carbocycles. The molecule has 0 aliphatic carbocycles. The highest BCUT2D eigenvalue weighted by molar-refractivity contribution is 5.69. The number of anilines is 2. The third kappa shape index (κ3) is 2.90. The molecule has 1 aliphatic heterocycles. The third-order valence-electron chi connectivity index (χ3n) is 3.55. The standard InChI is InChI=1S/C15H18N4O2/c1-21-14(20)10-19-13-7-8-16-9-12(13)15(18-19)17-11-5-3-2-4-6-11/h2-6,16H,7-10H2,1H3,(H,17,18). The molecule has 0 radical (unpaired) electrons. The van der Waals surface area contributed by atoms with Crippen molar-refractivity contribution in [1.82, 2.24) is 15.1 Å². The molecule has 0 fully saturated rings. The summed E-state index contributed by atoms with van der Waals surface area (Å²) >= 11 is 0. The van der Waals surface area contributed by atoms with Crippen LogP contribution in [-0.4, -0.2) is 29.4 Å². The van der Waals surface area contributed by atoms with E-state index in [-0.39, 0.29) is 12.5 Å². The van der Waals surface area contributed by atoms with Gasteiger partial charge < -0.3 is 15.4 Å². The van der Waals surface area contributed by atoms with Crippen molar-refractivity contribution in [3.05, 3.63) is 41.6 Å². The number of benzene rings is 1. The molecule has 21 heavy (non-hydrogen) atoms. The Hall–Kier alpha value is -2.34. The van der Waals surface area contributed by atoms with Gasteiger partial charge in [0.25, 0.3) is 0 Å². The van der Waals surface area contributed by atoms with Crippen LogP contribution in [0.15, 0.2) is 30.3 Å². The number of fused-ring (bicyclic) bond motifs is 1. The summed E-state index contributed by atoms with van der Waals surface area (Å²) in [6.45, 7) is 1.80. The average molecular weight is 286 g/mol. The first-order valence-corrected chi connectivity index (χ1v) is 6.96. The average Bonchev–Trinajstić information content (AvgIpc) is 2.86. The lowest BCUT2D eigenvalue weighted by molar-refractivity contribution is -0.141. The number of carbonyl (C=O) groups excluding carboxylic acids is 1. The Morgan fingerprint density at radius 1 is 1.43 bits per heavy atom. The van der Waals surface area contributed by atoms with Crippen LogP contribution in [-0.2, 0) is 29.0 Å². The monoisotopic (exact) mass is 286 g/mol. The summed E-state index contributed by atoms with van der Waals surface area (Å²) in [5.74, 6) is 0.511. The van der Waals surface area contributed by atoms with E-state index < -0.39 is 0 Å². The zero-order valence-corrected chi connectivity index (χ0v) is 11.9. The van der Waals surface area contributed by atoms with Crippen LogP contribution < -0.4 is 10.6 Å². The van der Waals surface area contributed by atoms with Gasteiger partial charge in [-0.05, 0) is 12.1 Å². The van der Waals surface area contributed by atoms with Gasteiger partial charge in [-0.1, -0.05) is 18.2 Å². The lowest BCUT2D eigenvalue weighted by Crippen LogP contribution is -2.26. The number of esters is 1. The van der Waals surface area contributed by atoms with Crippen LogP contribution in [0.2, 0.25) is 0 Å². The molecule has 1 aliphatic rings. The van der Waals surface area contributed by atoms with Crippen molar-refractivity contribution in [2.75, 3.05) is 19.0 Å². The highest BCUT2D eigenvalue weighted by Gasteiger charge is 2.22. The molecule has 110 valence electrons. The Morgan fingerprint density at radius 3 is 3.00 bits per heavy atom. The highest BCUT2D eigenvalue weighted by atomic mass is 16.5. The van der Waals surface area contributed by atoms with Gasteiger partial charge in [0, 0.05) is 36.5 Å². The molecule has 0 bridgehead atoms. The van der Waals surface area contributed by atoms with Gasteiger partial charge in [-0.3, -0.25) is 9.48 Å². The summed E-state index contributed by atoms with van der Waals surface area (Å²) < 4.78 is 6.48. The summed E-state index contributed by atoms with van der Waals surface area (Å²) in [6.07, 6.45) is 0.857. The fourth-order valence-electron chi connectivity index (χ4n) is 2.50. The molecule has 2 heterocycles. The van der Waals surface area contributed by atoms with Crippen molar-refractivity contribution in [2.45, 2.75) is 19.5 Å².